The first-order valence-electron chi connectivity index (χ1n) is 4.75. The number of methoxy groups -OCH3 is 1. The fraction of sp³-hybridized carbons (Fsp3) is 0.364. The minimum absolute atomic E-state index is 0. The van der Waals surface area contributed by atoms with Gasteiger partial charge in [0.15, 0.2) is 0 Å². The largest absolute Gasteiger partial charge is 0.383 e. The molecule has 1 amide bonds. The number of hydrogen-bond donors (Lipinski definition) is 2. The lowest BCUT2D eigenvalue weighted by Gasteiger charge is -2.11. The molecule has 4 nitrogen and oxygen atoms in total. The van der Waals surface area contributed by atoms with Crippen LogP contribution >= 0.6 is 12.4 Å². The summed E-state index contributed by atoms with van der Waals surface area (Å²) < 4.78 is 4.80. The first-order valence-corrected chi connectivity index (χ1v) is 4.75. The van der Waals surface area contributed by atoms with Crippen LogP contribution < -0.4 is 11.1 Å². The van der Waals surface area contributed by atoms with Gasteiger partial charge in [0.05, 0.1) is 6.61 Å². The van der Waals surface area contributed by atoms with Gasteiger partial charge in [0.25, 0.3) is 0 Å². The third kappa shape index (κ3) is 4.61. The van der Waals surface area contributed by atoms with Crippen molar-refractivity contribution in [3.05, 3.63) is 29.8 Å². The number of anilines is 1. The van der Waals surface area contributed by atoms with E-state index in [1.54, 1.807) is 0 Å². The number of nitrogens with one attached hydrogen (secondary N) is 1. The predicted octanol–water partition coefficient (Wildman–Crippen LogP) is 1.33. The van der Waals surface area contributed by atoms with Crippen molar-refractivity contribution in [2.45, 2.75) is 13.0 Å². The maximum absolute atomic E-state index is 11.5. The van der Waals surface area contributed by atoms with Crippen molar-refractivity contribution >= 4 is 24.0 Å². The van der Waals surface area contributed by atoms with Crippen LogP contribution in [0.15, 0.2) is 24.3 Å². The molecule has 0 fully saturated rings. The van der Waals surface area contributed by atoms with Crippen molar-refractivity contribution in [1.82, 2.24) is 0 Å². The Morgan fingerprint density at radius 3 is 2.81 bits per heavy atom. The van der Waals surface area contributed by atoms with Gasteiger partial charge in [-0.3, -0.25) is 4.79 Å². The lowest BCUT2D eigenvalue weighted by Crippen LogP contribution is -2.39. The Balaban J connectivity index is 0.00000225. The van der Waals surface area contributed by atoms with Gasteiger partial charge in [-0.05, 0) is 24.6 Å². The first-order chi connectivity index (χ1) is 7.13. The molecular formula is C11H17ClN2O2. The second-order valence-corrected chi connectivity index (χ2v) is 3.42. The third-order valence-corrected chi connectivity index (χ3v) is 1.97. The van der Waals surface area contributed by atoms with Crippen LogP contribution in [0.25, 0.3) is 0 Å². The number of ether oxygens (including phenoxy) is 1. The van der Waals surface area contributed by atoms with Gasteiger partial charge in [-0.15, -0.1) is 12.4 Å². The van der Waals surface area contributed by atoms with Gasteiger partial charge in [0.2, 0.25) is 5.91 Å². The quantitative estimate of drug-likeness (QED) is 0.840. The molecule has 1 unspecified atom stereocenters. The van der Waals surface area contributed by atoms with E-state index in [9.17, 15) is 4.79 Å². The molecule has 0 bridgehead atoms. The van der Waals surface area contributed by atoms with E-state index in [-0.39, 0.29) is 24.9 Å². The Hall–Kier alpha value is -1.10. The van der Waals surface area contributed by atoms with E-state index in [4.69, 9.17) is 10.5 Å². The number of amides is 1. The summed E-state index contributed by atoms with van der Waals surface area (Å²) in [6.45, 7) is 2.18. The van der Waals surface area contributed by atoms with Crippen LogP contribution in [-0.4, -0.2) is 25.7 Å². The number of rotatable bonds is 4. The molecule has 0 aliphatic heterocycles. The number of halogens is 1. The SMILES string of the molecule is COCC(N)C(=O)Nc1cccc(C)c1.Cl. The van der Waals surface area contributed by atoms with E-state index in [2.05, 4.69) is 5.32 Å². The molecule has 1 rings (SSSR count). The average molecular weight is 245 g/mol. The zero-order chi connectivity index (χ0) is 11.3. The first kappa shape index (κ1) is 14.9. The van der Waals surface area contributed by atoms with E-state index in [0.717, 1.165) is 11.3 Å². The number of aryl methyl sites for hydroxylation is 1. The second kappa shape index (κ2) is 7.22. The van der Waals surface area contributed by atoms with Gasteiger partial charge >= 0.3 is 0 Å². The van der Waals surface area contributed by atoms with Gasteiger partial charge in [0.1, 0.15) is 6.04 Å². The van der Waals surface area contributed by atoms with E-state index in [0.29, 0.717) is 0 Å². The maximum Gasteiger partial charge on any atom is 0.243 e. The summed E-state index contributed by atoms with van der Waals surface area (Å²) in [5.41, 5.74) is 7.42. The Bertz CT molecular complexity index is 345. The maximum atomic E-state index is 11.5. The smallest absolute Gasteiger partial charge is 0.243 e. The predicted molar refractivity (Wildman–Crippen MR) is 66.9 cm³/mol. The monoisotopic (exact) mass is 244 g/mol. The van der Waals surface area contributed by atoms with Crippen LogP contribution in [0.4, 0.5) is 5.69 Å². The highest BCUT2D eigenvalue weighted by atomic mass is 35.5. The molecule has 1 aromatic rings. The van der Waals surface area contributed by atoms with Crippen molar-refractivity contribution in [3.8, 4) is 0 Å². The van der Waals surface area contributed by atoms with Crippen LogP contribution in [0.5, 0.6) is 0 Å². The van der Waals surface area contributed by atoms with E-state index in [1.165, 1.54) is 7.11 Å². The average Bonchev–Trinajstić information content (AvgIpc) is 2.18. The highest BCUT2D eigenvalue weighted by Crippen LogP contribution is 2.09. The molecule has 0 spiro atoms. The summed E-state index contributed by atoms with van der Waals surface area (Å²) in [7, 11) is 1.51. The minimum atomic E-state index is -0.629. The molecule has 5 heteroatoms. The van der Waals surface area contributed by atoms with Gasteiger partial charge < -0.3 is 15.8 Å². The minimum Gasteiger partial charge on any atom is -0.383 e. The Morgan fingerprint density at radius 2 is 2.25 bits per heavy atom. The summed E-state index contributed by atoms with van der Waals surface area (Å²) in [4.78, 5) is 11.5. The molecule has 0 saturated heterocycles. The standard InChI is InChI=1S/C11H16N2O2.ClH/c1-8-4-3-5-9(6-8)13-11(14)10(12)7-15-2;/h3-6,10H,7,12H2,1-2H3,(H,13,14);1H. The van der Waals surface area contributed by atoms with Crippen LogP contribution in [0, 0.1) is 6.92 Å². The number of carbonyl (C=O) groups is 1. The second-order valence-electron chi connectivity index (χ2n) is 3.42. The fourth-order valence-electron chi connectivity index (χ4n) is 1.21. The van der Waals surface area contributed by atoms with Crippen molar-refractivity contribution in [3.63, 3.8) is 0 Å². The molecule has 0 radical (unpaired) electrons. The van der Waals surface area contributed by atoms with Gasteiger partial charge in [-0.2, -0.15) is 0 Å². The Morgan fingerprint density at radius 1 is 1.56 bits per heavy atom. The van der Waals surface area contributed by atoms with E-state index < -0.39 is 6.04 Å². The molecule has 0 aliphatic rings. The third-order valence-electron chi connectivity index (χ3n) is 1.97. The molecule has 3 N–H and O–H groups in total. The molecule has 90 valence electrons. The van der Waals surface area contributed by atoms with Gasteiger partial charge in [0, 0.05) is 12.8 Å². The van der Waals surface area contributed by atoms with E-state index >= 15 is 0 Å². The van der Waals surface area contributed by atoms with Crippen LogP contribution in [0.1, 0.15) is 5.56 Å². The highest BCUT2D eigenvalue weighted by molar-refractivity contribution is 5.94. The molecule has 0 heterocycles. The Labute approximate surface area is 102 Å². The molecule has 0 saturated carbocycles. The molecular weight excluding hydrogens is 228 g/mol. The molecule has 0 aromatic heterocycles. The summed E-state index contributed by atoms with van der Waals surface area (Å²) in [5.74, 6) is -0.234. The summed E-state index contributed by atoms with van der Waals surface area (Å²) in [6.07, 6.45) is 0. The van der Waals surface area contributed by atoms with Crippen molar-refractivity contribution < 1.29 is 9.53 Å². The molecule has 1 atom stereocenters. The Kier molecular flexibility index (Phi) is 6.72. The van der Waals surface area contributed by atoms with Crippen molar-refractivity contribution in [2.24, 2.45) is 5.73 Å². The number of nitrogens with two attached hydrogens (primary N) is 1. The molecule has 16 heavy (non-hydrogen) atoms. The van der Waals surface area contributed by atoms with Crippen molar-refractivity contribution in [2.75, 3.05) is 19.0 Å². The van der Waals surface area contributed by atoms with Crippen LogP contribution in [0.2, 0.25) is 0 Å². The summed E-state index contributed by atoms with van der Waals surface area (Å²) in [5, 5.41) is 2.72. The topological polar surface area (TPSA) is 64.3 Å². The van der Waals surface area contributed by atoms with Gasteiger partial charge in [-0.1, -0.05) is 12.1 Å². The number of hydrogen-bond acceptors (Lipinski definition) is 3. The zero-order valence-corrected chi connectivity index (χ0v) is 10.2. The fourth-order valence-corrected chi connectivity index (χ4v) is 1.21. The zero-order valence-electron chi connectivity index (χ0n) is 9.40. The molecule has 1 aromatic carbocycles. The van der Waals surface area contributed by atoms with Crippen molar-refractivity contribution in [1.29, 1.82) is 0 Å². The number of benzene rings is 1. The summed E-state index contributed by atoms with van der Waals surface area (Å²) >= 11 is 0. The lowest BCUT2D eigenvalue weighted by atomic mass is 10.2. The molecule has 0 aliphatic carbocycles. The van der Waals surface area contributed by atoms with E-state index in [1.807, 2.05) is 31.2 Å². The number of carbonyl (C=O) groups excluding carboxylic acids is 1. The normalized spacial score (nSPS) is 11.4. The van der Waals surface area contributed by atoms with Crippen LogP contribution in [0.3, 0.4) is 0 Å². The van der Waals surface area contributed by atoms with Gasteiger partial charge in [-0.25, -0.2) is 0 Å². The summed E-state index contributed by atoms with van der Waals surface area (Å²) in [6, 6.07) is 6.93. The highest BCUT2D eigenvalue weighted by Gasteiger charge is 2.12. The lowest BCUT2D eigenvalue weighted by molar-refractivity contribution is -0.118. The van der Waals surface area contributed by atoms with Crippen LogP contribution in [-0.2, 0) is 9.53 Å².